The molecule has 0 spiro atoms. The van der Waals surface area contributed by atoms with Gasteiger partial charge in [0.05, 0.1) is 10.6 Å². The Labute approximate surface area is 139 Å². The van der Waals surface area contributed by atoms with Gasteiger partial charge in [0.2, 0.25) is 0 Å². The quantitative estimate of drug-likeness (QED) is 0.638. The lowest BCUT2D eigenvalue weighted by molar-refractivity contribution is -0.384. The van der Waals surface area contributed by atoms with E-state index in [1.807, 2.05) is 31.2 Å². The van der Waals surface area contributed by atoms with Crippen LogP contribution in [0.4, 0.5) is 11.4 Å². The number of anilines is 1. The van der Waals surface area contributed by atoms with E-state index in [9.17, 15) is 14.9 Å². The van der Waals surface area contributed by atoms with Crippen LogP contribution < -0.4 is 9.64 Å². The number of nitro groups is 1. The fourth-order valence-electron chi connectivity index (χ4n) is 2.80. The lowest BCUT2D eigenvalue weighted by Crippen LogP contribution is -2.39. The third kappa shape index (κ3) is 3.08. The van der Waals surface area contributed by atoms with Crippen LogP contribution >= 0.6 is 0 Å². The van der Waals surface area contributed by atoms with E-state index in [0.29, 0.717) is 24.4 Å². The number of nitro benzene ring substituents is 1. The highest BCUT2D eigenvalue weighted by Gasteiger charge is 2.30. The highest BCUT2D eigenvalue weighted by atomic mass is 16.6. The number of ether oxygens (including phenoxy) is 1. The summed E-state index contributed by atoms with van der Waals surface area (Å²) in [6.45, 7) is 4.18. The standard InChI is InChI=1S/C18H18N2O4/c1-12-3-7-16(8-4-12)24-13(2)18(21)19-10-9-14-5-6-15(20(22)23)11-17(14)19/h3-8,11,13H,9-10H2,1-2H3/t13-/m0/s1. The topological polar surface area (TPSA) is 72.7 Å². The Morgan fingerprint density at radius 3 is 2.62 bits per heavy atom. The van der Waals surface area contributed by atoms with Crippen molar-refractivity contribution in [2.24, 2.45) is 0 Å². The van der Waals surface area contributed by atoms with E-state index in [4.69, 9.17) is 4.74 Å². The second kappa shape index (κ2) is 6.31. The van der Waals surface area contributed by atoms with Crippen LogP contribution in [0.2, 0.25) is 0 Å². The first-order chi connectivity index (χ1) is 11.5. The summed E-state index contributed by atoms with van der Waals surface area (Å²) in [5.41, 5.74) is 2.65. The van der Waals surface area contributed by atoms with Gasteiger partial charge in [-0.1, -0.05) is 23.8 Å². The van der Waals surface area contributed by atoms with Crippen LogP contribution in [0.5, 0.6) is 5.75 Å². The minimum absolute atomic E-state index is 0.0134. The number of benzene rings is 2. The zero-order valence-electron chi connectivity index (χ0n) is 13.6. The third-order valence-electron chi connectivity index (χ3n) is 4.12. The molecule has 0 N–H and O–H groups in total. The Bertz CT molecular complexity index is 786. The lowest BCUT2D eigenvalue weighted by Gasteiger charge is -2.22. The van der Waals surface area contributed by atoms with Gasteiger partial charge in [-0.25, -0.2) is 0 Å². The van der Waals surface area contributed by atoms with Crippen LogP contribution in [0.15, 0.2) is 42.5 Å². The molecule has 1 aliphatic rings. The molecule has 2 aromatic rings. The van der Waals surface area contributed by atoms with Crippen molar-refractivity contribution in [3.8, 4) is 5.75 Å². The van der Waals surface area contributed by atoms with Crippen molar-refractivity contribution in [2.45, 2.75) is 26.4 Å². The molecule has 0 saturated carbocycles. The molecule has 0 bridgehead atoms. The Morgan fingerprint density at radius 1 is 1.25 bits per heavy atom. The zero-order valence-corrected chi connectivity index (χ0v) is 13.6. The van der Waals surface area contributed by atoms with Gasteiger partial charge < -0.3 is 9.64 Å². The maximum atomic E-state index is 12.7. The van der Waals surface area contributed by atoms with Gasteiger partial charge in [-0.05, 0) is 38.0 Å². The number of aryl methyl sites for hydroxylation is 1. The summed E-state index contributed by atoms with van der Waals surface area (Å²) < 4.78 is 5.71. The molecule has 0 aliphatic carbocycles. The number of non-ortho nitro benzene ring substituents is 1. The molecule has 6 heteroatoms. The smallest absolute Gasteiger partial charge is 0.271 e. The van der Waals surface area contributed by atoms with Crippen LogP contribution in [0.3, 0.4) is 0 Å². The summed E-state index contributed by atoms with van der Waals surface area (Å²) in [4.78, 5) is 24.8. The van der Waals surface area contributed by atoms with E-state index in [1.54, 1.807) is 17.9 Å². The van der Waals surface area contributed by atoms with Gasteiger partial charge in [0.1, 0.15) is 5.75 Å². The van der Waals surface area contributed by atoms with Crippen LogP contribution in [0.25, 0.3) is 0 Å². The monoisotopic (exact) mass is 326 g/mol. The van der Waals surface area contributed by atoms with E-state index in [1.165, 1.54) is 12.1 Å². The van der Waals surface area contributed by atoms with Gasteiger partial charge in [0.15, 0.2) is 6.10 Å². The van der Waals surface area contributed by atoms with Crippen molar-refractivity contribution in [2.75, 3.05) is 11.4 Å². The van der Waals surface area contributed by atoms with Gasteiger partial charge in [0.25, 0.3) is 11.6 Å². The Morgan fingerprint density at radius 2 is 1.96 bits per heavy atom. The Hall–Kier alpha value is -2.89. The molecular formula is C18H18N2O4. The largest absolute Gasteiger partial charge is 0.481 e. The summed E-state index contributed by atoms with van der Waals surface area (Å²) in [6, 6.07) is 12.1. The molecule has 1 amide bonds. The minimum Gasteiger partial charge on any atom is -0.481 e. The van der Waals surface area contributed by atoms with Crippen molar-refractivity contribution in [1.82, 2.24) is 0 Å². The fourth-order valence-corrected chi connectivity index (χ4v) is 2.80. The van der Waals surface area contributed by atoms with E-state index in [0.717, 1.165) is 11.1 Å². The average Bonchev–Trinajstić information content (AvgIpc) is 2.99. The summed E-state index contributed by atoms with van der Waals surface area (Å²) in [7, 11) is 0. The molecule has 3 rings (SSSR count). The van der Waals surface area contributed by atoms with Crippen LogP contribution in [0, 0.1) is 17.0 Å². The first-order valence-corrected chi connectivity index (χ1v) is 7.78. The predicted octanol–water partition coefficient (Wildman–Crippen LogP) is 3.26. The number of amides is 1. The Balaban J connectivity index is 1.78. The number of hydrogen-bond acceptors (Lipinski definition) is 4. The highest BCUT2D eigenvalue weighted by Crippen LogP contribution is 2.32. The average molecular weight is 326 g/mol. The summed E-state index contributed by atoms with van der Waals surface area (Å²) in [5, 5.41) is 11.0. The van der Waals surface area contributed by atoms with Gasteiger partial charge in [-0.15, -0.1) is 0 Å². The Kier molecular flexibility index (Phi) is 4.20. The molecule has 0 aromatic heterocycles. The van der Waals surface area contributed by atoms with Crippen molar-refractivity contribution in [3.63, 3.8) is 0 Å². The molecule has 1 heterocycles. The molecule has 0 saturated heterocycles. The third-order valence-corrected chi connectivity index (χ3v) is 4.12. The molecule has 0 radical (unpaired) electrons. The fraction of sp³-hybridized carbons (Fsp3) is 0.278. The van der Waals surface area contributed by atoms with E-state index in [-0.39, 0.29) is 11.6 Å². The first-order valence-electron chi connectivity index (χ1n) is 7.78. The molecule has 6 nitrogen and oxygen atoms in total. The van der Waals surface area contributed by atoms with Crippen molar-refractivity contribution < 1.29 is 14.5 Å². The minimum atomic E-state index is -0.669. The van der Waals surface area contributed by atoms with Crippen molar-refractivity contribution in [1.29, 1.82) is 0 Å². The SMILES string of the molecule is Cc1ccc(O[C@@H](C)C(=O)N2CCc3ccc([N+](=O)[O-])cc32)cc1. The van der Waals surface area contributed by atoms with Crippen LogP contribution in [-0.2, 0) is 11.2 Å². The summed E-state index contributed by atoms with van der Waals surface area (Å²) in [6.07, 6.45) is 0.0222. The molecule has 1 atom stereocenters. The van der Waals surface area contributed by atoms with Crippen LogP contribution in [-0.4, -0.2) is 23.5 Å². The maximum absolute atomic E-state index is 12.7. The van der Waals surface area contributed by atoms with Crippen molar-refractivity contribution >= 4 is 17.3 Å². The normalized spacial score (nSPS) is 14.2. The maximum Gasteiger partial charge on any atom is 0.271 e. The van der Waals surface area contributed by atoms with Crippen molar-refractivity contribution in [3.05, 3.63) is 63.7 Å². The molecule has 0 unspecified atom stereocenters. The number of carbonyl (C=O) groups excluding carboxylic acids is 1. The van der Waals surface area contributed by atoms with E-state index < -0.39 is 11.0 Å². The number of hydrogen-bond donors (Lipinski definition) is 0. The van der Waals surface area contributed by atoms with Gasteiger partial charge in [-0.2, -0.15) is 0 Å². The summed E-state index contributed by atoms with van der Waals surface area (Å²) >= 11 is 0. The molecule has 124 valence electrons. The number of nitrogens with zero attached hydrogens (tertiary/aromatic N) is 2. The second-order valence-electron chi connectivity index (χ2n) is 5.88. The van der Waals surface area contributed by atoms with E-state index >= 15 is 0 Å². The van der Waals surface area contributed by atoms with Gasteiger partial charge in [0, 0.05) is 18.7 Å². The first kappa shape index (κ1) is 16.0. The molecule has 0 fully saturated rings. The van der Waals surface area contributed by atoms with Gasteiger partial charge in [-0.3, -0.25) is 14.9 Å². The zero-order chi connectivity index (χ0) is 17.3. The number of carbonyl (C=O) groups is 1. The highest BCUT2D eigenvalue weighted by molar-refractivity contribution is 5.98. The molecule has 2 aromatic carbocycles. The van der Waals surface area contributed by atoms with Gasteiger partial charge >= 0.3 is 0 Å². The molecule has 1 aliphatic heterocycles. The lowest BCUT2D eigenvalue weighted by atomic mass is 10.1. The predicted molar refractivity (Wildman–Crippen MR) is 90.4 cm³/mol. The number of rotatable bonds is 4. The number of fused-ring (bicyclic) bond motifs is 1. The van der Waals surface area contributed by atoms with E-state index in [2.05, 4.69) is 0 Å². The van der Waals surface area contributed by atoms with Crippen LogP contribution in [0.1, 0.15) is 18.1 Å². The second-order valence-corrected chi connectivity index (χ2v) is 5.88. The summed E-state index contributed by atoms with van der Waals surface area (Å²) in [5.74, 6) is 0.426. The molecular weight excluding hydrogens is 308 g/mol. The molecule has 24 heavy (non-hydrogen) atoms.